The van der Waals surface area contributed by atoms with Gasteiger partial charge in [-0.3, -0.25) is 0 Å². The van der Waals surface area contributed by atoms with Crippen LogP contribution in [-0.2, 0) is 0 Å². The van der Waals surface area contributed by atoms with E-state index in [9.17, 15) is 0 Å². The van der Waals surface area contributed by atoms with Crippen molar-refractivity contribution >= 4 is 11.2 Å². The molecule has 0 bridgehead atoms. The van der Waals surface area contributed by atoms with Crippen molar-refractivity contribution < 1.29 is 4.74 Å². The number of ether oxygens (including phenoxy) is 1. The molecular weight excluding hydrogens is 216 g/mol. The van der Waals surface area contributed by atoms with E-state index in [0.29, 0.717) is 17.6 Å². The summed E-state index contributed by atoms with van der Waals surface area (Å²) in [7, 11) is 1.60. The number of aromatic nitrogens is 4. The first-order valence-electron chi connectivity index (χ1n) is 6.13. The van der Waals surface area contributed by atoms with Gasteiger partial charge in [-0.25, -0.2) is 4.98 Å². The van der Waals surface area contributed by atoms with Crippen molar-refractivity contribution in [2.45, 2.75) is 38.0 Å². The molecule has 17 heavy (non-hydrogen) atoms. The van der Waals surface area contributed by atoms with Crippen LogP contribution in [0, 0.1) is 0 Å². The van der Waals surface area contributed by atoms with Crippen LogP contribution in [0.1, 0.15) is 43.7 Å². The number of aromatic amines is 1. The number of hydrogen-bond acceptors (Lipinski definition) is 4. The number of imidazole rings is 1. The zero-order valence-corrected chi connectivity index (χ0v) is 9.94. The summed E-state index contributed by atoms with van der Waals surface area (Å²) in [6, 6.07) is 0.421. The van der Waals surface area contributed by atoms with Crippen LogP contribution < -0.4 is 4.74 Å². The zero-order valence-electron chi connectivity index (χ0n) is 9.94. The van der Waals surface area contributed by atoms with Gasteiger partial charge < -0.3 is 9.72 Å². The molecule has 5 heteroatoms. The smallest absolute Gasteiger partial charge is 0.318 e. The largest absolute Gasteiger partial charge is 0.467 e. The Balaban J connectivity index is 2.08. The molecule has 1 fully saturated rings. The van der Waals surface area contributed by atoms with Gasteiger partial charge in [-0.05, 0) is 12.8 Å². The molecule has 1 aliphatic carbocycles. The Bertz CT molecular complexity index is 516. The molecule has 0 atom stereocenters. The molecule has 2 aromatic rings. The predicted molar refractivity (Wildman–Crippen MR) is 64.1 cm³/mol. The van der Waals surface area contributed by atoms with Crippen LogP contribution in [-0.4, -0.2) is 27.0 Å². The summed E-state index contributed by atoms with van der Waals surface area (Å²) in [6.45, 7) is 0. The molecule has 0 spiro atoms. The van der Waals surface area contributed by atoms with Crippen LogP contribution in [0.25, 0.3) is 11.2 Å². The second kappa shape index (κ2) is 4.31. The third kappa shape index (κ3) is 1.85. The van der Waals surface area contributed by atoms with Crippen molar-refractivity contribution in [3.05, 3.63) is 12.0 Å². The monoisotopic (exact) mass is 232 g/mol. The van der Waals surface area contributed by atoms with E-state index in [2.05, 4.69) is 19.9 Å². The Labute approximate surface area is 99.6 Å². The van der Waals surface area contributed by atoms with Crippen LogP contribution in [0.4, 0.5) is 0 Å². The third-order valence-electron chi connectivity index (χ3n) is 3.47. The Morgan fingerprint density at radius 2 is 2.06 bits per heavy atom. The molecule has 0 aliphatic heterocycles. The minimum absolute atomic E-state index is 0.421. The van der Waals surface area contributed by atoms with E-state index in [0.717, 1.165) is 11.2 Å². The van der Waals surface area contributed by atoms with Gasteiger partial charge in [0.25, 0.3) is 0 Å². The molecule has 90 valence electrons. The average Bonchev–Trinajstić information content (AvgIpc) is 2.86. The molecule has 1 N–H and O–H groups in total. The lowest BCUT2D eigenvalue weighted by Gasteiger charge is -2.21. The van der Waals surface area contributed by atoms with Crippen molar-refractivity contribution in [1.29, 1.82) is 0 Å². The van der Waals surface area contributed by atoms with Gasteiger partial charge in [0.15, 0.2) is 5.65 Å². The summed E-state index contributed by atoms with van der Waals surface area (Å²) >= 11 is 0. The molecule has 0 saturated heterocycles. The molecule has 0 unspecified atom stereocenters. The van der Waals surface area contributed by atoms with Gasteiger partial charge in [0.2, 0.25) is 0 Å². The number of nitrogens with zero attached hydrogens (tertiary/aromatic N) is 3. The predicted octanol–water partition coefficient (Wildman–Crippen LogP) is 2.41. The van der Waals surface area contributed by atoms with Gasteiger partial charge in [-0.2, -0.15) is 9.97 Å². The van der Waals surface area contributed by atoms with Crippen molar-refractivity contribution in [1.82, 2.24) is 19.9 Å². The van der Waals surface area contributed by atoms with E-state index in [4.69, 9.17) is 4.74 Å². The third-order valence-corrected chi connectivity index (χ3v) is 3.47. The Morgan fingerprint density at radius 1 is 1.24 bits per heavy atom. The summed E-state index contributed by atoms with van der Waals surface area (Å²) in [5, 5.41) is 0. The molecular formula is C12H16N4O. The Hall–Kier alpha value is -1.65. The average molecular weight is 232 g/mol. The highest BCUT2D eigenvalue weighted by atomic mass is 16.5. The topological polar surface area (TPSA) is 63.7 Å². The number of fused-ring (bicyclic) bond motifs is 1. The second-order valence-corrected chi connectivity index (χ2v) is 4.53. The molecule has 1 saturated carbocycles. The lowest BCUT2D eigenvalue weighted by Crippen LogP contribution is -2.09. The van der Waals surface area contributed by atoms with Gasteiger partial charge in [0.1, 0.15) is 5.52 Å². The molecule has 0 radical (unpaired) electrons. The lowest BCUT2D eigenvalue weighted by atomic mass is 9.86. The van der Waals surface area contributed by atoms with Crippen molar-refractivity contribution in [3.8, 4) is 6.01 Å². The van der Waals surface area contributed by atoms with Gasteiger partial charge >= 0.3 is 6.01 Å². The number of nitrogens with one attached hydrogen (secondary N) is 1. The maximum atomic E-state index is 5.15. The van der Waals surface area contributed by atoms with Crippen LogP contribution in [0.3, 0.4) is 0 Å². The standard InChI is InChI=1S/C12H16N4O/c1-17-12-15-9(8-5-3-2-4-6-8)10-11(16-12)14-7-13-10/h7-8H,2-6H2,1H3,(H,13,14,15,16). The highest BCUT2D eigenvalue weighted by Crippen LogP contribution is 2.34. The van der Waals surface area contributed by atoms with E-state index in [1.165, 1.54) is 32.1 Å². The molecule has 0 amide bonds. The second-order valence-electron chi connectivity index (χ2n) is 4.53. The fraction of sp³-hybridized carbons (Fsp3) is 0.583. The molecule has 3 rings (SSSR count). The molecule has 5 nitrogen and oxygen atoms in total. The number of hydrogen-bond donors (Lipinski definition) is 1. The highest BCUT2D eigenvalue weighted by Gasteiger charge is 2.21. The van der Waals surface area contributed by atoms with Gasteiger partial charge in [-0.1, -0.05) is 19.3 Å². The van der Waals surface area contributed by atoms with E-state index < -0.39 is 0 Å². The summed E-state index contributed by atoms with van der Waals surface area (Å²) in [6.07, 6.45) is 7.98. The first-order chi connectivity index (χ1) is 8.38. The fourth-order valence-corrected chi connectivity index (χ4v) is 2.60. The van der Waals surface area contributed by atoms with Gasteiger partial charge in [-0.15, -0.1) is 0 Å². The maximum Gasteiger partial charge on any atom is 0.318 e. The van der Waals surface area contributed by atoms with E-state index in [-0.39, 0.29) is 0 Å². The maximum absolute atomic E-state index is 5.15. The van der Waals surface area contributed by atoms with E-state index in [1.54, 1.807) is 13.4 Å². The van der Waals surface area contributed by atoms with Gasteiger partial charge in [0.05, 0.1) is 19.1 Å². The number of methoxy groups -OCH3 is 1. The minimum Gasteiger partial charge on any atom is -0.467 e. The quantitative estimate of drug-likeness (QED) is 0.863. The first kappa shape index (κ1) is 10.5. The van der Waals surface area contributed by atoms with E-state index in [1.807, 2.05) is 0 Å². The summed E-state index contributed by atoms with van der Waals surface area (Å²) in [5.41, 5.74) is 2.75. The number of rotatable bonds is 2. The van der Waals surface area contributed by atoms with E-state index >= 15 is 0 Å². The zero-order chi connectivity index (χ0) is 11.7. The van der Waals surface area contributed by atoms with Crippen LogP contribution in [0.5, 0.6) is 6.01 Å². The minimum atomic E-state index is 0.421. The van der Waals surface area contributed by atoms with Crippen LogP contribution >= 0.6 is 0 Å². The number of H-pyrrole nitrogens is 1. The molecule has 1 aliphatic rings. The summed E-state index contributed by atoms with van der Waals surface area (Å²) < 4.78 is 5.15. The van der Waals surface area contributed by atoms with Crippen LogP contribution in [0.15, 0.2) is 6.33 Å². The molecule has 2 aromatic heterocycles. The Morgan fingerprint density at radius 3 is 2.82 bits per heavy atom. The van der Waals surface area contributed by atoms with Crippen molar-refractivity contribution in [2.75, 3.05) is 7.11 Å². The SMILES string of the molecule is COc1nc(C2CCCCC2)c2[nH]cnc2n1. The Kier molecular flexibility index (Phi) is 2.66. The highest BCUT2D eigenvalue weighted by molar-refractivity contribution is 5.73. The first-order valence-corrected chi connectivity index (χ1v) is 6.13. The molecule has 0 aromatic carbocycles. The fourth-order valence-electron chi connectivity index (χ4n) is 2.60. The normalized spacial score (nSPS) is 17.5. The lowest BCUT2D eigenvalue weighted by molar-refractivity contribution is 0.373. The summed E-state index contributed by atoms with van der Waals surface area (Å²) in [5.74, 6) is 0.517. The van der Waals surface area contributed by atoms with Crippen LogP contribution in [0.2, 0.25) is 0 Å². The van der Waals surface area contributed by atoms with Crippen molar-refractivity contribution in [2.24, 2.45) is 0 Å². The summed E-state index contributed by atoms with van der Waals surface area (Å²) in [4.78, 5) is 16.1. The van der Waals surface area contributed by atoms with Gasteiger partial charge in [0, 0.05) is 5.92 Å². The molecule has 2 heterocycles. The van der Waals surface area contributed by atoms with Crippen molar-refractivity contribution in [3.63, 3.8) is 0 Å².